The number of halogens is 1. The van der Waals surface area contributed by atoms with E-state index in [1.165, 1.54) is 29.8 Å². The summed E-state index contributed by atoms with van der Waals surface area (Å²) < 4.78 is 12.8. The molecule has 2 nitrogen and oxygen atoms in total. The second kappa shape index (κ2) is 6.33. The molecule has 0 bridgehead atoms. The van der Waals surface area contributed by atoms with E-state index in [4.69, 9.17) is 0 Å². The number of nitrogens with one attached hydrogen (secondary N) is 1. The number of benzene rings is 2. The van der Waals surface area contributed by atoms with Gasteiger partial charge >= 0.3 is 0 Å². The van der Waals surface area contributed by atoms with Crippen molar-refractivity contribution in [1.29, 1.82) is 0 Å². The van der Waals surface area contributed by atoms with Crippen molar-refractivity contribution >= 4 is 11.5 Å². The fourth-order valence-corrected chi connectivity index (χ4v) is 2.07. The van der Waals surface area contributed by atoms with Crippen LogP contribution in [0.25, 0.3) is 0 Å². The lowest BCUT2D eigenvalue weighted by atomic mass is 10.0. The second-order valence-electron chi connectivity index (χ2n) is 5.03. The average molecular weight is 271 g/mol. The van der Waals surface area contributed by atoms with E-state index < -0.39 is 0 Å². The summed E-state index contributed by atoms with van der Waals surface area (Å²) in [4.78, 5) is 12.0. The van der Waals surface area contributed by atoms with Crippen LogP contribution in [0.3, 0.4) is 0 Å². The number of para-hydroxylation sites is 1. The summed E-state index contributed by atoms with van der Waals surface area (Å²) in [5, 5.41) is 3.16. The van der Waals surface area contributed by atoms with E-state index in [0.717, 1.165) is 5.69 Å². The highest BCUT2D eigenvalue weighted by molar-refractivity contribution is 5.99. The van der Waals surface area contributed by atoms with Crippen molar-refractivity contribution in [1.82, 2.24) is 0 Å². The summed E-state index contributed by atoms with van der Waals surface area (Å²) >= 11 is 0. The Labute approximate surface area is 118 Å². The smallest absolute Gasteiger partial charge is 0.181 e. The van der Waals surface area contributed by atoms with E-state index in [9.17, 15) is 9.18 Å². The topological polar surface area (TPSA) is 29.1 Å². The maximum absolute atomic E-state index is 12.8. The maximum Gasteiger partial charge on any atom is 0.181 e. The lowest BCUT2D eigenvalue weighted by Crippen LogP contribution is -2.15. The predicted molar refractivity (Wildman–Crippen MR) is 79.8 cm³/mol. The molecular weight excluding hydrogens is 253 g/mol. The van der Waals surface area contributed by atoms with E-state index in [0.29, 0.717) is 11.5 Å². The van der Waals surface area contributed by atoms with Crippen molar-refractivity contribution in [3.8, 4) is 0 Å². The highest BCUT2D eigenvalue weighted by atomic mass is 19.1. The lowest BCUT2D eigenvalue weighted by Gasteiger charge is -2.14. The van der Waals surface area contributed by atoms with Gasteiger partial charge in [-0.15, -0.1) is 0 Å². The van der Waals surface area contributed by atoms with Crippen LogP contribution >= 0.6 is 0 Å². The van der Waals surface area contributed by atoms with Gasteiger partial charge in [0.2, 0.25) is 0 Å². The van der Waals surface area contributed by atoms with Crippen molar-refractivity contribution in [3.05, 3.63) is 65.5 Å². The van der Waals surface area contributed by atoms with Crippen LogP contribution in [0.5, 0.6) is 0 Å². The van der Waals surface area contributed by atoms with Gasteiger partial charge in [0.1, 0.15) is 5.82 Å². The summed E-state index contributed by atoms with van der Waals surface area (Å²) in [6.45, 7) is 4.43. The summed E-state index contributed by atoms with van der Waals surface area (Å²) in [5.74, 6) is 0.00263. The van der Waals surface area contributed by atoms with E-state index >= 15 is 0 Å². The fourth-order valence-electron chi connectivity index (χ4n) is 2.07. The molecule has 20 heavy (non-hydrogen) atoms. The molecule has 0 atom stereocenters. The van der Waals surface area contributed by atoms with Gasteiger partial charge in [-0.3, -0.25) is 4.79 Å². The van der Waals surface area contributed by atoms with Crippen LogP contribution < -0.4 is 5.32 Å². The Kier molecular flexibility index (Phi) is 4.51. The number of anilines is 1. The molecule has 0 fully saturated rings. The molecule has 3 heteroatoms. The first kappa shape index (κ1) is 14.3. The molecule has 0 aliphatic heterocycles. The molecule has 0 amide bonds. The molecule has 2 rings (SSSR count). The van der Waals surface area contributed by atoms with Gasteiger partial charge in [0.15, 0.2) is 5.78 Å². The second-order valence-corrected chi connectivity index (χ2v) is 5.03. The zero-order chi connectivity index (χ0) is 14.5. The van der Waals surface area contributed by atoms with Crippen molar-refractivity contribution in [2.75, 3.05) is 11.9 Å². The molecular formula is C17H18FNO. The molecule has 2 aromatic rings. The minimum Gasteiger partial charge on any atom is -0.377 e. The summed E-state index contributed by atoms with van der Waals surface area (Å²) in [7, 11) is 0. The molecule has 2 aromatic carbocycles. The predicted octanol–water partition coefficient (Wildman–Crippen LogP) is 4.24. The number of rotatable bonds is 5. The summed E-state index contributed by atoms with van der Waals surface area (Å²) in [6, 6.07) is 13.6. The number of carbonyl (C=O) groups is 1. The molecule has 0 heterocycles. The van der Waals surface area contributed by atoms with Gasteiger partial charge in [-0.1, -0.05) is 32.0 Å². The summed E-state index contributed by atoms with van der Waals surface area (Å²) in [6.07, 6.45) is 0. The minimum atomic E-state index is -0.334. The minimum absolute atomic E-state index is 0.0523. The zero-order valence-corrected chi connectivity index (χ0v) is 11.7. The molecule has 104 valence electrons. The van der Waals surface area contributed by atoms with Gasteiger partial charge in [0.05, 0.1) is 6.54 Å². The van der Waals surface area contributed by atoms with Crippen LogP contribution in [0, 0.1) is 5.82 Å². The van der Waals surface area contributed by atoms with Gasteiger partial charge < -0.3 is 5.32 Å². The summed E-state index contributed by atoms with van der Waals surface area (Å²) in [5.41, 5.74) is 2.67. The first-order valence-corrected chi connectivity index (χ1v) is 6.69. The molecule has 0 aromatic heterocycles. The van der Waals surface area contributed by atoms with Crippen LogP contribution in [0.15, 0.2) is 48.5 Å². The van der Waals surface area contributed by atoms with Crippen LogP contribution in [0.1, 0.15) is 35.7 Å². The van der Waals surface area contributed by atoms with Crippen LogP contribution in [0.4, 0.5) is 10.1 Å². The van der Waals surface area contributed by atoms with E-state index in [1.54, 1.807) is 0 Å². The lowest BCUT2D eigenvalue weighted by molar-refractivity contribution is 0.101. The van der Waals surface area contributed by atoms with E-state index in [1.807, 2.05) is 18.2 Å². The molecule has 0 saturated heterocycles. The number of hydrogen-bond donors (Lipinski definition) is 1. The van der Waals surface area contributed by atoms with Gasteiger partial charge in [0, 0.05) is 11.3 Å². The normalized spacial score (nSPS) is 10.6. The average Bonchev–Trinajstić information content (AvgIpc) is 2.45. The third-order valence-corrected chi connectivity index (χ3v) is 3.19. The standard InChI is InChI=1S/C17H18FNO/c1-12(2)15-5-3-4-6-16(15)19-11-17(20)13-7-9-14(18)10-8-13/h3-10,12,19H,11H2,1-2H3. The molecule has 0 radical (unpaired) electrons. The van der Waals surface area contributed by atoms with Gasteiger partial charge in [0.25, 0.3) is 0 Å². The van der Waals surface area contributed by atoms with Crippen LogP contribution in [-0.4, -0.2) is 12.3 Å². The highest BCUT2D eigenvalue weighted by Crippen LogP contribution is 2.23. The number of hydrogen-bond acceptors (Lipinski definition) is 2. The Hall–Kier alpha value is -2.16. The Balaban J connectivity index is 2.05. The number of carbonyl (C=O) groups excluding carboxylic acids is 1. The first-order valence-electron chi connectivity index (χ1n) is 6.69. The zero-order valence-electron chi connectivity index (χ0n) is 11.7. The van der Waals surface area contributed by atoms with Gasteiger partial charge in [-0.25, -0.2) is 4.39 Å². The molecule has 0 spiro atoms. The molecule has 0 aliphatic carbocycles. The quantitative estimate of drug-likeness (QED) is 0.824. The number of Topliss-reactive ketones (excluding diaryl/α,β-unsaturated/α-hetero) is 1. The van der Waals surface area contributed by atoms with Crippen LogP contribution in [0.2, 0.25) is 0 Å². The molecule has 1 N–H and O–H groups in total. The van der Waals surface area contributed by atoms with Crippen molar-refractivity contribution in [2.24, 2.45) is 0 Å². The first-order chi connectivity index (χ1) is 9.58. The van der Waals surface area contributed by atoms with Crippen LogP contribution in [-0.2, 0) is 0 Å². The Morgan fingerprint density at radius 1 is 1.10 bits per heavy atom. The maximum atomic E-state index is 12.8. The third-order valence-electron chi connectivity index (χ3n) is 3.19. The Morgan fingerprint density at radius 3 is 2.40 bits per heavy atom. The van der Waals surface area contributed by atoms with E-state index in [2.05, 4.69) is 25.2 Å². The number of ketones is 1. The molecule has 0 saturated carbocycles. The van der Waals surface area contributed by atoms with Gasteiger partial charge in [-0.05, 0) is 41.8 Å². The SMILES string of the molecule is CC(C)c1ccccc1NCC(=O)c1ccc(F)cc1. The van der Waals surface area contributed by atoms with Crippen molar-refractivity contribution in [3.63, 3.8) is 0 Å². The fraction of sp³-hybridized carbons (Fsp3) is 0.235. The molecule has 0 unspecified atom stereocenters. The van der Waals surface area contributed by atoms with E-state index in [-0.39, 0.29) is 18.1 Å². The van der Waals surface area contributed by atoms with Crippen molar-refractivity contribution < 1.29 is 9.18 Å². The highest BCUT2D eigenvalue weighted by Gasteiger charge is 2.09. The van der Waals surface area contributed by atoms with Crippen molar-refractivity contribution in [2.45, 2.75) is 19.8 Å². The van der Waals surface area contributed by atoms with Gasteiger partial charge in [-0.2, -0.15) is 0 Å². The third kappa shape index (κ3) is 3.44. The molecule has 0 aliphatic rings. The Bertz CT molecular complexity index is 590. The largest absolute Gasteiger partial charge is 0.377 e. The Morgan fingerprint density at radius 2 is 1.75 bits per heavy atom. The monoisotopic (exact) mass is 271 g/mol.